The van der Waals surface area contributed by atoms with Gasteiger partial charge < -0.3 is 83.5 Å². The summed E-state index contributed by atoms with van der Waals surface area (Å²) in [5, 5.41) is 88.8. The molecule has 25 atom stereocenters. The maximum atomic E-state index is 14.0. The summed E-state index contributed by atoms with van der Waals surface area (Å²) in [7, 11) is 1.53. The molecule has 5 aliphatic heterocycles. The van der Waals surface area contributed by atoms with Gasteiger partial charge in [-0.2, -0.15) is 0 Å². The Balaban J connectivity index is 1.39. The molecule has 82 heavy (non-hydrogen) atoms. The van der Waals surface area contributed by atoms with Gasteiger partial charge in [0.25, 0.3) is 0 Å². The van der Waals surface area contributed by atoms with Gasteiger partial charge in [0, 0.05) is 86.9 Å². The maximum absolute atomic E-state index is 14.0. The van der Waals surface area contributed by atoms with Crippen LogP contribution >= 0.6 is 0 Å². The van der Waals surface area contributed by atoms with Gasteiger partial charge in [0.15, 0.2) is 24.2 Å². The molecule has 5 aliphatic rings. The number of carbonyl (C=O) groups is 2. The minimum absolute atomic E-state index is 0.0139. The second-order valence-corrected chi connectivity index (χ2v) is 23.7. The van der Waals surface area contributed by atoms with E-state index in [1.54, 1.807) is 39.8 Å². The predicted octanol–water partition coefficient (Wildman–Crippen LogP) is 6.70. The minimum Gasteiger partial charge on any atom is -0.458 e. The third kappa shape index (κ3) is 18.2. The number of aliphatic hydroxyl groups excluding tert-OH is 7. The van der Waals surface area contributed by atoms with E-state index in [1.165, 1.54) is 19.3 Å². The van der Waals surface area contributed by atoms with Crippen molar-refractivity contribution in [2.24, 2.45) is 35.5 Å². The van der Waals surface area contributed by atoms with E-state index in [1.807, 2.05) is 91.8 Å². The first kappa shape index (κ1) is 69.6. The standard InChI is InChI=1S/C63H102O19/c1-14-41-22-20-24-43(16-3)59(35(7)48(65)31-62(73)33-50(45(18-5)37(9)81-62)78-61-58(72)57(71)56(70)40(12)76-61)79-52(67)28-26-42(15-2)23-21-25-44(17-4)60(80-53(68)29-27-41)36(8)49(66)32-63(74-13)34-51(46(19-6)38(10)82-63)77-54-30-47(64)55(69)39(11)75-54/h20-29,35-40,43-51,54-61,64-66,69-73H,14-19,30-34H2,1-13H3/b24-20+,25-21+,28-26?,29-27+,41-22+,42-23?. The van der Waals surface area contributed by atoms with Crippen molar-refractivity contribution in [3.63, 3.8) is 0 Å². The smallest absolute Gasteiger partial charge is 0.331 e. The number of ether oxygens (including phenoxy) is 9. The molecule has 0 amide bonds. The lowest BCUT2D eigenvalue weighted by molar-refractivity contribution is -0.346. The lowest BCUT2D eigenvalue weighted by Crippen LogP contribution is -2.60. The van der Waals surface area contributed by atoms with E-state index in [2.05, 4.69) is 0 Å². The highest BCUT2D eigenvalue weighted by Crippen LogP contribution is 2.44. The fourth-order valence-electron chi connectivity index (χ4n) is 12.6. The zero-order chi connectivity index (χ0) is 60.8. The Morgan fingerprint density at radius 2 is 1.09 bits per heavy atom. The van der Waals surface area contributed by atoms with Gasteiger partial charge in [-0.25, -0.2) is 9.59 Å². The van der Waals surface area contributed by atoms with Gasteiger partial charge in [-0.05, 0) is 77.4 Å². The lowest BCUT2D eigenvalue weighted by atomic mass is 9.80. The molecular weight excluding hydrogens is 1060 g/mol. The van der Waals surface area contributed by atoms with Crippen LogP contribution in [0.15, 0.2) is 71.9 Å². The molecule has 4 fully saturated rings. The summed E-state index contributed by atoms with van der Waals surface area (Å²) >= 11 is 0. The SMILES string of the molecule is CCC1=C/C=C/C(CC)C(C(C)C(O)CC2(OC)CC(OC3CC(O)C(O)C(C)O3)C(CC)C(C)O2)OC(=O)/C=C/C(CC)=C/C=C/C(CC)C(C(C)C(O)CC2(O)CC(OC3OC(C)C(O)C(O)C3O)C(CC)C(C)O2)OC(=O)C=C1. The maximum Gasteiger partial charge on any atom is 0.331 e. The van der Waals surface area contributed by atoms with Gasteiger partial charge in [0.05, 0.1) is 54.9 Å². The highest BCUT2D eigenvalue weighted by Gasteiger charge is 2.52. The largest absolute Gasteiger partial charge is 0.458 e. The first-order valence-electron chi connectivity index (χ1n) is 30.3. The van der Waals surface area contributed by atoms with E-state index >= 15 is 0 Å². The number of esters is 2. The van der Waals surface area contributed by atoms with E-state index in [0.717, 1.165) is 11.1 Å². The molecule has 468 valence electrons. The normalized spacial score (nSPS) is 42.7. The topological polar surface area (TPSA) is 279 Å². The van der Waals surface area contributed by atoms with Crippen molar-refractivity contribution < 1.29 is 93.1 Å². The van der Waals surface area contributed by atoms with Crippen molar-refractivity contribution in [3.8, 4) is 0 Å². The number of rotatable bonds is 19. The summed E-state index contributed by atoms with van der Waals surface area (Å²) < 4.78 is 56.1. The summed E-state index contributed by atoms with van der Waals surface area (Å²) in [6.45, 7) is 22.4. The van der Waals surface area contributed by atoms with Crippen LogP contribution in [0, 0.1) is 35.5 Å². The second-order valence-electron chi connectivity index (χ2n) is 23.7. The summed E-state index contributed by atoms with van der Waals surface area (Å²) in [4.78, 5) is 27.9. The monoisotopic (exact) mass is 1160 g/mol. The number of allylic oxidation sites excluding steroid dienone is 8. The molecule has 0 aliphatic carbocycles. The molecular formula is C63H102O19. The van der Waals surface area contributed by atoms with Crippen LogP contribution in [0.2, 0.25) is 0 Å². The zero-order valence-electron chi connectivity index (χ0n) is 50.9. The van der Waals surface area contributed by atoms with Crippen LogP contribution in [0.5, 0.6) is 0 Å². The molecule has 0 aromatic carbocycles. The molecule has 25 unspecified atom stereocenters. The quantitative estimate of drug-likeness (QED) is 0.0625. The van der Waals surface area contributed by atoms with Crippen molar-refractivity contribution >= 4 is 11.9 Å². The average molecular weight is 1160 g/mol. The summed E-state index contributed by atoms with van der Waals surface area (Å²) in [5.74, 6) is -6.99. The van der Waals surface area contributed by atoms with Gasteiger partial charge in [-0.15, -0.1) is 0 Å². The molecule has 19 heteroatoms. The Kier molecular flexibility index (Phi) is 27.1. The summed E-state index contributed by atoms with van der Waals surface area (Å²) in [6.07, 6.45) is 4.49. The number of cyclic esters (lactones) is 2. The van der Waals surface area contributed by atoms with Crippen LogP contribution < -0.4 is 0 Å². The zero-order valence-corrected chi connectivity index (χ0v) is 50.9. The van der Waals surface area contributed by atoms with E-state index in [-0.39, 0.29) is 56.0 Å². The van der Waals surface area contributed by atoms with Crippen LogP contribution in [-0.2, 0) is 52.2 Å². The average Bonchev–Trinajstić information content (AvgIpc) is 3.45. The molecule has 0 spiro atoms. The van der Waals surface area contributed by atoms with Crippen molar-refractivity contribution in [2.45, 2.75) is 269 Å². The molecule has 5 heterocycles. The van der Waals surface area contributed by atoms with Crippen molar-refractivity contribution in [3.05, 3.63) is 71.9 Å². The van der Waals surface area contributed by atoms with Crippen molar-refractivity contribution in [1.29, 1.82) is 0 Å². The van der Waals surface area contributed by atoms with E-state index in [9.17, 15) is 50.4 Å². The third-order valence-corrected chi connectivity index (χ3v) is 18.0. The van der Waals surface area contributed by atoms with Crippen LogP contribution in [0.1, 0.15) is 154 Å². The molecule has 4 saturated heterocycles. The Morgan fingerprint density at radius 1 is 0.598 bits per heavy atom. The van der Waals surface area contributed by atoms with Gasteiger partial charge in [-0.1, -0.05) is 104 Å². The summed E-state index contributed by atoms with van der Waals surface area (Å²) in [5.41, 5.74) is 1.56. The Hall–Kier alpha value is -3.22. The van der Waals surface area contributed by atoms with Gasteiger partial charge >= 0.3 is 11.9 Å². The van der Waals surface area contributed by atoms with Crippen LogP contribution in [0.25, 0.3) is 0 Å². The van der Waals surface area contributed by atoms with Crippen LogP contribution in [-0.4, -0.2) is 176 Å². The van der Waals surface area contributed by atoms with E-state index < -0.39 is 139 Å². The Labute approximate surface area is 487 Å². The Morgan fingerprint density at radius 3 is 1.56 bits per heavy atom. The van der Waals surface area contributed by atoms with E-state index in [0.29, 0.717) is 38.5 Å². The molecule has 8 N–H and O–H groups in total. The van der Waals surface area contributed by atoms with Crippen molar-refractivity contribution in [2.75, 3.05) is 7.11 Å². The van der Waals surface area contributed by atoms with Gasteiger partial charge in [0.1, 0.15) is 36.6 Å². The predicted molar refractivity (Wildman–Crippen MR) is 306 cm³/mol. The number of hydrogen-bond donors (Lipinski definition) is 8. The molecule has 0 bridgehead atoms. The molecule has 0 aromatic rings. The first-order valence-corrected chi connectivity index (χ1v) is 30.3. The highest BCUT2D eigenvalue weighted by atomic mass is 16.7. The minimum atomic E-state index is -1.92. The number of hydrogen-bond acceptors (Lipinski definition) is 19. The van der Waals surface area contributed by atoms with Gasteiger partial charge in [0.2, 0.25) is 0 Å². The van der Waals surface area contributed by atoms with Crippen LogP contribution in [0.3, 0.4) is 0 Å². The van der Waals surface area contributed by atoms with Crippen molar-refractivity contribution in [1.82, 2.24) is 0 Å². The first-order chi connectivity index (χ1) is 38.8. The fourth-order valence-corrected chi connectivity index (χ4v) is 12.6. The number of aliphatic hydroxyl groups is 8. The lowest BCUT2D eigenvalue weighted by Gasteiger charge is -2.49. The highest BCUT2D eigenvalue weighted by molar-refractivity contribution is 5.83. The fraction of sp³-hybridized carbons (Fsp3) is 0.778. The number of methoxy groups -OCH3 is 1. The third-order valence-electron chi connectivity index (χ3n) is 18.0. The van der Waals surface area contributed by atoms with Crippen LogP contribution in [0.4, 0.5) is 0 Å². The van der Waals surface area contributed by atoms with Gasteiger partial charge in [-0.3, -0.25) is 0 Å². The number of carbonyl (C=O) groups excluding carboxylic acids is 2. The molecule has 19 nitrogen and oxygen atoms in total. The Bertz CT molecular complexity index is 2170. The molecule has 5 rings (SSSR count). The molecule has 0 radical (unpaired) electrons. The molecule has 0 aromatic heterocycles. The molecule has 0 saturated carbocycles. The second kappa shape index (κ2) is 32.0. The van der Waals surface area contributed by atoms with E-state index in [4.69, 9.17) is 42.6 Å². The summed E-state index contributed by atoms with van der Waals surface area (Å²) in [6, 6.07) is 0.